The maximum absolute atomic E-state index is 11.2. The van der Waals surface area contributed by atoms with Crippen molar-refractivity contribution in [3.63, 3.8) is 0 Å². The van der Waals surface area contributed by atoms with Gasteiger partial charge in [0.25, 0.3) is 0 Å². The molecule has 0 heterocycles. The Kier molecular flexibility index (Phi) is 6.06. The zero-order valence-electron chi connectivity index (χ0n) is 12.2. The SMILES string of the molecule is CC(=O)OC(=O)COc1ccc(OC(C)=O)c(OC(C)=O)c1. The molecule has 1 aromatic rings. The van der Waals surface area contributed by atoms with Gasteiger partial charge in [0.15, 0.2) is 18.1 Å². The van der Waals surface area contributed by atoms with Crippen molar-refractivity contribution >= 4 is 23.9 Å². The zero-order chi connectivity index (χ0) is 16.7. The van der Waals surface area contributed by atoms with E-state index in [0.29, 0.717) is 0 Å². The summed E-state index contributed by atoms with van der Waals surface area (Å²) < 4.78 is 19.1. The lowest BCUT2D eigenvalue weighted by Crippen LogP contribution is -2.17. The molecule has 0 unspecified atom stereocenters. The van der Waals surface area contributed by atoms with Crippen molar-refractivity contribution in [1.29, 1.82) is 0 Å². The first-order valence-electron chi connectivity index (χ1n) is 6.13. The van der Waals surface area contributed by atoms with Crippen molar-refractivity contribution in [2.45, 2.75) is 20.8 Å². The first-order valence-corrected chi connectivity index (χ1v) is 6.13. The average molecular weight is 310 g/mol. The van der Waals surface area contributed by atoms with Gasteiger partial charge in [-0.3, -0.25) is 14.4 Å². The number of hydrogen-bond acceptors (Lipinski definition) is 8. The van der Waals surface area contributed by atoms with E-state index in [-0.39, 0.29) is 17.2 Å². The quantitative estimate of drug-likeness (QED) is 0.450. The number of rotatable bonds is 5. The fourth-order valence-corrected chi connectivity index (χ4v) is 1.38. The van der Waals surface area contributed by atoms with E-state index in [1.54, 1.807) is 0 Å². The summed E-state index contributed by atoms with van der Waals surface area (Å²) in [6.45, 7) is 2.95. The van der Waals surface area contributed by atoms with Gasteiger partial charge in [0.1, 0.15) is 5.75 Å². The summed E-state index contributed by atoms with van der Waals surface area (Å²) in [6, 6.07) is 4.00. The van der Waals surface area contributed by atoms with E-state index in [0.717, 1.165) is 6.92 Å². The zero-order valence-corrected chi connectivity index (χ0v) is 12.2. The van der Waals surface area contributed by atoms with Gasteiger partial charge in [-0.2, -0.15) is 0 Å². The van der Waals surface area contributed by atoms with Crippen LogP contribution < -0.4 is 14.2 Å². The van der Waals surface area contributed by atoms with Gasteiger partial charge in [0.2, 0.25) is 0 Å². The van der Waals surface area contributed by atoms with E-state index >= 15 is 0 Å². The van der Waals surface area contributed by atoms with Crippen LogP contribution >= 0.6 is 0 Å². The molecule has 8 heteroatoms. The number of benzene rings is 1. The van der Waals surface area contributed by atoms with E-state index in [1.165, 1.54) is 32.0 Å². The summed E-state index contributed by atoms with van der Waals surface area (Å²) >= 11 is 0. The second-order valence-electron chi connectivity index (χ2n) is 4.05. The molecule has 1 aromatic carbocycles. The van der Waals surface area contributed by atoms with Gasteiger partial charge >= 0.3 is 23.9 Å². The highest BCUT2D eigenvalue weighted by Crippen LogP contribution is 2.32. The van der Waals surface area contributed by atoms with Crippen molar-refractivity contribution in [1.82, 2.24) is 0 Å². The molecule has 0 atom stereocenters. The molecule has 0 spiro atoms. The number of carbonyl (C=O) groups is 4. The maximum Gasteiger partial charge on any atom is 0.351 e. The van der Waals surface area contributed by atoms with Gasteiger partial charge in [-0.05, 0) is 12.1 Å². The maximum atomic E-state index is 11.2. The lowest BCUT2D eigenvalue weighted by Gasteiger charge is -2.11. The summed E-state index contributed by atoms with van der Waals surface area (Å²) in [5, 5.41) is 0. The highest BCUT2D eigenvalue weighted by Gasteiger charge is 2.13. The Balaban J connectivity index is 2.84. The molecule has 0 aromatic heterocycles. The summed E-state index contributed by atoms with van der Waals surface area (Å²) in [5.41, 5.74) is 0. The molecule has 0 radical (unpaired) electrons. The second-order valence-corrected chi connectivity index (χ2v) is 4.05. The Bertz CT molecular complexity index is 605. The van der Waals surface area contributed by atoms with Crippen molar-refractivity contribution in [2.75, 3.05) is 6.61 Å². The van der Waals surface area contributed by atoms with E-state index in [9.17, 15) is 19.2 Å². The number of carbonyl (C=O) groups excluding carboxylic acids is 4. The van der Waals surface area contributed by atoms with Gasteiger partial charge in [0, 0.05) is 26.8 Å². The Morgan fingerprint density at radius 2 is 1.45 bits per heavy atom. The van der Waals surface area contributed by atoms with E-state index in [1.807, 2.05) is 0 Å². The third kappa shape index (κ3) is 6.04. The molecule has 0 aliphatic heterocycles. The molecular formula is C14H14O8. The van der Waals surface area contributed by atoms with Gasteiger partial charge < -0.3 is 18.9 Å². The predicted molar refractivity (Wildman–Crippen MR) is 71.3 cm³/mol. The van der Waals surface area contributed by atoms with Crippen LogP contribution in [0.2, 0.25) is 0 Å². The Hall–Kier alpha value is -2.90. The lowest BCUT2D eigenvalue weighted by atomic mass is 10.3. The van der Waals surface area contributed by atoms with E-state index < -0.39 is 30.5 Å². The topological polar surface area (TPSA) is 105 Å². The van der Waals surface area contributed by atoms with Crippen LogP contribution in [0.3, 0.4) is 0 Å². The number of esters is 4. The second kappa shape index (κ2) is 7.77. The Morgan fingerprint density at radius 3 is 2.00 bits per heavy atom. The van der Waals surface area contributed by atoms with E-state index in [2.05, 4.69) is 4.74 Å². The van der Waals surface area contributed by atoms with Crippen molar-refractivity contribution in [3.05, 3.63) is 18.2 Å². The van der Waals surface area contributed by atoms with Crippen LogP contribution in [-0.4, -0.2) is 30.5 Å². The van der Waals surface area contributed by atoms with Crippen molar-refractivity contribution < 1.29 is 38.1 Å². The third-order valence-electron chi connectivity index (χ3n) is 2.04. The van der Waals surface area contributed by atoms with Crippen LogP contribution in [0, 0.1) is 0 Å². The minimum atomic E-state index is -0.870. The van der Waals surface area contributed by atoms with Crippen molar-refractivity contribution in [3.8, 4) is 17.2 Å². The van der Waals surface area contributed by atoms with Crippen LogP contribution in [0.5, 0.6) is 17.2 Å². The Labute approximate surface area is 125 Å². The van der Waals surface area contributed by atoms with Crippen LogP contribution in [0.15, 0.2) is 18.2 Å². The molecule has 0 aliphatic carbocycles. The lowest BCUT2D eigenvalue weighted by molar-refractivity contribution is -0.159. The minimum Gasteiger partial charge on any atom is -0.482 e. The molecule has 0 saturated carbocycles. The first kappa shape index (κ1) is 17.2. The summed E-state index contributed by atoms with van der Waals surface area (Å²) in [7, 11) is 0. The van der Waals surface area contributed by atoms with Crippen LogP contribution in [0.4, 0.5) is 0 Å². The molecule has 22 heavy (non-hydrogen) atoms. The molecular weight excluding hydrogens is 296 g/mol. The normalized spacial score (nSPS) is 9.59. The average Bonchev–Trinajstić information content (AvgIpc) is 2.37. The van der Waals surface area contributed by atoms with Crippen LogP contribution in [-0.2, 0) is 23.9 Å². The molecule has 0 fully saturated rings. The van der Waals surface area contributed by atoms with E-state index in [4.69, 9.17) is 14.2 Å². The highest BCUT2D eigenvalue weighted by molar-refractivity contribution is 5.84. The molecule has 0 saturated heterocycles. The first-order chi connectivity index (χ1) is 10.3. The van der Waals surface area contributed by atoms with Gasteiger partial charge in [-0.15, -0.1) is 0 Å². The van der Waals surface area contributed by atoms with Gasteiger partial charge in [0.05, 0.1) is 0 Å². The molecule has 8 nitrogen and oxygen atoms in total. The smallest absolute Gasteiger partial charge is 0.351 e. The number of ether oxygens (including phenoxy) is 4. The summed E-state index contributed by atoms with van der Waals surface area (Å²) in [5.74, 6) is -2.69. The van der Waals surface area contributed by atoms with Crippen LogP contribution in [0.1, 0.15) is 20.8 Å². The number of hydrogen-bond donors (Lipinski definition) is 0. The van der Waals surface area contributed by atoms with Crippen LogP contribution in [0.25, 0.3) is 0 Å². The molecule has 0 amide bonds. The summed E-state index contributed by atoms with van der Waals surface area (Å²) in [4.78, 5) is 43.8. The largest absolute Gasteiger partial charge is 0.482 e. The predicted octanol–water partition coefficient (Wildman–Crippen LogP) is 1.01. The fourth-order valence-electron chi connectivity index (χ4n) is 1.38. The monoisotopic (exact) mass is 310 g/mol. The molecule has 118 valence electrons. The highest BCUT2D eigenvalue weighted by atomic mass is 16.6. The standard InChI is InChI=1S/C14H14O8/c1-8(15)20-12-5-4-11(6-13(12)21-9(2)16)19-7-14(18)22-10(3)17/h4-6H,7H2,1-3H3. The molecule has 0 bridgehead atoms. The third-order valence-corrected chi connectivity index (χ3v) is 2.04. The van der Waals surface area contributed by atoms with Crippen molar-refractivity contribution in [2.24, 2.45) is 0 Å². The van der Waals surface area contributed by atoms with Gasteiger partial charge in [-0.1, -0.05) is 0 Å². The minimum absolute atomic E-state index is 0.0290. The van der Waals surface area contributed by atoms with Gasteiger partial charge in [-0.25, -0.2) is 4.79 Å². The summed E-state index contributed by atoms with van der Waals surface area (Å²) in [6.07, 6.45) is 0. The molecule has 0 N–H and O–H groups in total. The molecule has 0 aliphatic rings. The molecule has 1 rings (SSSR count). The Morgan fingerprint density at radius 1 is 0.864 bits per heavy atom. The fraction of sp³-hybridized carbons (Fsp3) is 0.286.